The molecule has 3 heteroatoms. The Morgan fingerprint density at radius 2 is 1.86 bits per heavy atom. The van der Waals surface area contributed by atoms with Gasteiger partial charge in [0.05, 0.1) is 6.10 Å². The van der Waals surface area contributed by atoms with E-state index in [0.29, 0.717) is 11.1 Å². The molecule has 0 aliphatic carbocycles. The molecule has 1 fully saturated rings. The number of hydrogen-bond donors (Lipinski definition) is 0. The van der Waals surface area contributed by atoms with Crippen LogP contribution in [0.25, 0.3) is 0 Å². The number of piperidine rings is 1. The van der Waals surface area contributed by atoms with Crippen LogP contribution in [0.3, 0.4) is 0 Å². The first-order chi connectivity index (χ1) is 9.78. The minimum Gasteiger partial charge on any atom is -0.413 e. The van der Waals surface area contributed by atoms with Crippen LogP contribution in [0.4, 0.5) is 0 Å². The van der Waals surface area contributed by atoms with Gasteiger partial charge in [-0.3, -0.25) is 4.90 Å². The van der Waals surface area contributed by atoms with Crippen molar-refractivity contribution in [3.8, 4) is 0 Å². The highest BCUT2D eigenvalue weighted by Crippen LogP contribution is 2.38. The van der Waals surface area contributed by atoms with Crippen molar-refractivity contribution in [2.75, 3.05) is 13.1 Å². The Labute approximate surface area is 131 Å². The van der Waals surface area contributed by atoms with E-state index in [1.54, 1.807) is 0 Å². The lowest BCUT2D eigenvalue weighted by atomic mass is 10.1. The van der Waals surface area contributed by atoms with Gasteiger partial charge in [-0.25, -0.2) is 0 Å². The van der Waals surface area contributed by atoms with Gasteiger partial charge in [-0.1, -0.05) is 51.1 Å². The third kappa shape index (κ3) is 4.66. The molecular weight excluding hydrogens is 274 g/mol. The van der Waals surface area contributed by atoms with Crippen LogP contribution in [0.2, 0.25) is 18.1 Å². The second-order valence-corrected chi connectivity index (χ2v) is 12.6. The Kier molecular flexibility index (Phi) is 5.28. The maximum Gasteiger partial charge on any atom is 0.192 e. The molecule has 0 spiro atoms. The zero-order chi connectivity index (χ0) is 15.5. The van der Waals surface area contributed by atoms with Crippen LogP contribution in [0.15, 0.2) is 30.3 Å². The lowest BCUT2D eigenvalue weighted by Gasteiger charge is -2.42. The molecule has 0 saturated carbocycles. The molecule has 1 aliphatic heterocycles. The summed E-state index contributed by atoms with van der Waals surface area (Å²) in [4.78, 5) is 2.55. The summed E-state index contributed by atoms with van der Waals surface area (Å²) in [5, 5.41) is 0.300. The lowest BCUT2D eigenvalue weighted by molar-refractivity contribution is 0.0741. The summed E-state index contributed by atoms with van der Waals surface area (Å²) in [7, 11) is -1.64. The van der Waals surface area contributed by atoms with E-state index >= 15 is 0 Å². The zero-order valence-electron chi connectivity index (χ0n) is 14.4. The fourth-order valence-corrected chi connectivity index (χ4v) is 4.07. The maximum absolute atomic E-state index is 6.61. The first-order valence-corrected chi connectivity index (χ1v) is 11.1. The fraction of sp³-hybridized carbons (Fsp3) is 0.667. The van der Waals surface area contributed by atoms with E-state index in [4.69, 9.17) is 4.43 Å². The Morgan fingerprint density at radius 3 is 2.48 bits per heavy atom. The van der Waals surface area contributed by atoms with Gasteiger partial charge in [-0.05, 0) is 43.1 Å². The molecule has 1 aromatic carbocycles. The highest BCUT2D eigenvalue weighted by atomic mass is 28.4. The molecule has 2 nitrogen and oxygen atoms in total. The Balaban J connectivity index is 1.92. The van der Waals surface area contributed by atoms with Crippen LogP contribution in [0.1, 0.15) is 39.2 Å². The summed E-state index contributed by atoms with van der Waals surface area (Å²) >= 11 is 0. The van der Waals surface area contributed by atoms with Crippen LogP contribution >= 0.6 is 0 Å². The second-order valence-electron chi connectivity index (χ2n) is 7.86. The number of hydrogen-bond acceptors (Lipinski definition) is 2. The number of rotatable bonds is 4. The van der Waals surface area contributed by atoms with Crippen molar-refractivity contribution in [1.82, 2.24) is 4.90 Å². The molecule has 1 saturated heterocycles. The van der Waals surface area contributed by atoms with Crippen molar-refractivity contribution in [2.24, 2.45) is 0 Å². The van der Waals surface area contributed by atoms with E-state index in [9.17, 15) is 0 Å². The van der Waals surface area contributed by atoms with Gasteiger partial charge < -0.3 is 4.43 Å². The topological polar surface area (TPSA) is 12.5 Å². The molecule has 118 valence electrons. The quantitative estimate of drug-likeness (QED) is 0.749. The van der Waals surface area contributed by atoms with Gasteiger partial charge in [0.2, 0.25) is 0 Å². The Morgan fingerprint density at radius 1 is 1.19 bits per heavy atom. The molecule has 2 rings (SSSR count). The lowest BCUT2D eigenvalue weighted by Crippen LogP contribution is -2.48. The van der Waals surface area contributed by atoms with Crippen LogP contribution in [-0.4, -0.2) is 32.4 Å². The van der Waals surface area contributed by atoms with Gasteiger partial charge in [0.15, 0.2) is 8.32 Å². The molecular formula is C18H31NOSi. The van der Waals surface area contributed by atoms with Gasteiger partial charge in [-0.15, -0.1) is 0 Å². The van der Waals surface area contributed by atoms with Crippen LogP contribution in [-0.2, 0) is 11.0 Å². The molecule has 0 N–H and O–H groups in total. The average Bonchev–Trinajstić information content (AvgIpc) is 2.38. The van der Waals surface area contributed by atoms with Gasteiger partial charge in [0, 0.05) is 13.1 Å². The van der Waals surface area contributed by atoms with Crippen molar-refractivity contribution in [2.45, 2.75) is 64.4 Å². The van der Waals surface area contributed by atoms with Crippen molar-refractivity contribution < 1.29 is 4.43 Å². The Hall–Kier alpha value is -0.643. The van der Waals surface area contributed by atoms with E-state index in [-0.39, 0.29) is 0 Å². The zero-order valence-corrected chi connectivity index (χ0v) is 15.4. The smallest absolute Gasteiger partial charge is 0.192 e. The van der Waals surface area contributed by atoms with Gasteiger partial charge in [0.1, 0.15) is 0 Å². The molecule has 0 aromatic heterocycles. The number of nitrogens with zero attached hydrogens (tertiary/aromatic N) is 1. The largest absolute Gasteiger partial charge is 0.413 e. The molecule has 1 aliphatic rings. The van der Waals surface area contributed by atoms with Crippen molar-refractivity contribution in [3.63, 3.8) is 0 Å². The molecule has 1 unspecified atom stereocenters. The van der Waals surface area contributed by atoms with E-state index in [1.807, 2.05) is 0 Å². The number of likely N-dealkylation sites (tertiary alicyclic amines) is 1. The molecule has 21 heavy (non-hydrogen) atoms. The summed E-state index contributed by atoms with van der Waals surface area (Å²) in [6.07, 6.45) is 2.90. The molecule has 0 radical (unpaired) electrons. The Bertz CT molecular complexity index is 438. The predicted octanol–water partition coefficient (Wildman–Crippen LogP) is 4.67. The van der Waals surface area contributed by atoms with Gasteiger partial charge in [0.25, 0.3) is 0 Å². The highest BCUT2D eigenvalue weighted by Gasteiger charge is 2.39. The van der Waals surface area contributed by atoms with E-state index < -0.39 is 8.32 Å². The standard InChI is InChI=1S/C18H31NOSi/c1-18(2,3)21(4,5)20-17-12-9-13-19(15-17)14-16-10-7-6-8-11-16/h6-8,10-11,17H,9,12-15H2,1-5H3. The first-order valence-electron chi connectivity index (χ1n) is 8.22. The average molecular weight is 306 g/mol. The first kappa shape index (κ1) is 16.7. The monoisotopic (exact) mass is 305 g/mol. The highest BCUT2D eigenvalue weighted by molar-refractivity contribution is 6.74. The van der Waals surface area contributed by atoms with Gasteiger partial charge >= 0.3 is 0 Å². The van der Waals surface area contributed by atoms with Crippen molar-refractivity contribution in [1.29, 1.82) is 0 Å². The predicted molar refractivity (Wildman–Crippen MR) is 93.0 cm³/mol. The second kappa shape index (κ2) is 6.63. The summed E-state index contributed by atoms with van der Waals surface area (Å²) < 4.78 is 6.61. The van der Waals surface area contributed by atoms with Crippen LogP contribution in [0, 0.1) is 0 Å². The fourth-order valence-electron chi connectivity index (χ4n) is 2.69. The summed E-state index contributed by atoms with van der Waals surface area (Å²) in [6, 6.07) is 10.8. The molecule has 0 bridgehead atoms. The maximum atomic E-state index is 6.61. The number of benzene rings is 1. The molecule has 1 heterocycles. The molecule has 1 atom stereocenters. The van der Waals surface area contributed by atoms with E-state index in [0.717, 1.165) is 13.1 Å². The summed E-state index contributed by atoms with van der Waals surface area (Å²) in [5.41, 5.74) is 1.41. The van der Waals surface area contributed by atoms with E-state index in [1.165, 1.54) is 24.9 Å². The molecule has 1 aromatic rings. The minimum absolute atomic E-state index is 0.300. The van der Waals surface area contributed by atoms with E-state index in [2.05, 4.69) is 69.1 Å². The third-order valence-corrected chi connectivity index (χ3v) is 9.51. The normalized spacial score (nSPS) is 21.5. The van der Waals surface area contributed by atoms with Crippen LogP contribution < -0.4 is 0 Å². The summed E-state index contributed by atoms with van der Waals surface area (Å²) in [5.74, 6) is 0. The SMILES string of the molecule is CC(C)(C)[Si](C)(C)OC1CCCN(Cc2ccccc2)C1. The van der Waals surface area contributed by atoms with Crippen LogP contribution in [0.5, 0.6) is 0 Å². The van der Waals surface area contributed by atoms with Gasteiger partial charge in [-0.2, -0.15) is 0 Å². The third-order valence-electron chi connectivity index (χ3n) is 4.98. The summed E-state index contributed by atoms with van der Waals surface area (Å²) in [6.45, 7) is 15.0. The molecule has 0 amide bonds. The van der Waals surface area contributed by atoms with Crippen molar-refractivity contribution >= 4 is 8.32 Å². The minimum atomic E-state index is -1.64. The van der Waals surface area contributed by atoms with Crippen molar-refractivity contribution in [3.05, 3.63) is 35.9 Å².